The highest BCUT2D eigenvalue weighted by molar-refractivity contribution is 7.85. The van der Waals surface area contributed by atoms with Crippen molar-refractivity contribution in [3.63, 3.8) is 0 Å². The van der Waals surface area contributed by atoms with Gasteiger partial charge in [0.15, 0.2) is 0 Å². The van der Waals surface area contributed by atoms with Gasteiger partial charge >= 0.3 is 0 Å². The van der Waals surface area contributed by atoms with Gasteiger partial charge in [-0.25, -0.2) is 4.39 Å². The van der Waals surface area contributed by atoms with Crippen molar-refractivity contribution in [1.29, 1.82) is 0 Å². The van der Waals surface area contributed by atoms with E-state index < -0.39 is 16.6 Å². The van der Waals surface area contributed by atoms with Crippen LogP contribution >= 0.6 is 0 Å². The first-order valence-electron chi connectivity index (χ1n) is 5.82. The highest BCUT2D eigenvalue weighted by Crippen LogP contribution is 2.15. The summed E-state index contributed by atoms with van der Waals surface area (Å²) in [6.07, 6.45) is 2.45. The molecule has 0 spiro atoms. The second-order valence-electron chi connectivity index (χ2n) is 4.28. The second kappa shape index (κ2) is 5.60. The minimum absolute atomic E-state index is 0.102. The smallest absolute Gasteiger partial charge is 0.147 e. The molecule has 0 amide bonds. The summed E-state index contributed by atoms with van der Waals surface area (Å²) < 4.78 is 25.2. The number of nitrogen functional groups attached to an aromatic ring is 1. The van der Waals surface area contributed by atoms with Crippen LogP contribution in [-0.4, -0.2) is 34.5 Å². The standard InChI is InChI=1S/C12H17FN2OS/c13-11-9-10(3-4-12(11)14)17(16)8-7-15-5-1-2-6-15/h3-4,9H,1-2,5-8,14H2. The van der Waals surface area contributed by atoms with Crippen molar-refractivity contribution < 1.29 is 8.60 Å². The summed E-state index contributed by atoms with van der Waals surface area (Å²) in [6, 6.07) is 4.38. The number of anilines is 1. The number of halogens is 1. The van der Waals surface area contributed by atoms with Gasteiger partial charge in [-0.3, -0.25) is 4.21 Å². The zero-order valence-electron chi connectivity index (χ0n) is 9.69. The molecule has 94 valence electrons. The molecular formula is C12H17FN2OS. The predicted octanol–water partition coefficient (Wildman–Crippen LogP) is 1.61. The molecule has 0 aliphatic carbocycles. The number of likely N-dealkylation sites (tertiary alicyclic amines) is 1. The molecule has 0 bridgehead atoms. The molecule has 1 heterocycles. The molecule has 1 aliphatic rings. The first kappa shape index (κ1) is 12.5. The molecule has 3 nitrogen and oxygen atoms in total. The van der Waals surface area contributed by atoms with E-state index in [2.05, 4.69) is 4.90 Å². The highest BCUT2D eigenvalue weighted by atomic mass is 32.2. The zero-order chi connectivity index (χ0) is 12.3. The van der Waals surface area contributed by atoms with Gasteiger partial charge in [-0.2, -0.15) is 0 Å². The summed E-state index contributed by atoms with van der Waals surface area (Å²) in [6.45, 7) is 3.00. The van der Waals surface area contributed by atoms with E-state index in [1.54, 1.807) is 6.07 Å². The van der Waals surface area contributed by atoms with Gasteiger partial charge in [0.2, 0.25) is 0 Å². The van der Waals surface area contributed by atoms with Crippen LogP contribution in [0.2, 0.25) is 0 Å². The van der Waals surface area contributed by atoms with E-state index in [1.807, 2.05) is 0 Å². The molecule has 5 heteroatoms. The van der Waals surface area contributed by atoms with Gasteiger partial charge in [-0.1, -0.05) is 0 Å². The monoisotopic (exact) mass is 256 g/mol. The molecule has 0 radical (unpaired) electrons. The Hall–Kier alpha value is -0.940. The number of nitrogens with two attached hydrogens (primary N) is 1. The summed E-state index contributed by atoms with van der Waals surface area (Å²) in [4.78, 5) is 2.82. The Morgan fingerprint density at radius 3 is 2.71 bits per heavy atom. The van der Waals surface area contributed by atoms with E-state index in [-0.39, 0.29) is 5.69 Å². The summed E-state index contributed by atoms with van der Waals surface area (Å²) in [5, 5.41) is 0. The quantitative estimate of drug-likeness (QED) is 0.833. The molecule has 1 aromatic rings. The molecule has 1 aromatic carbocycles. The Kier molecular flexibility index (Phi) is 4.12. The van der Waals surface area contributed by atoms with E-state index >= 15 is 0 Å². The van der Waals surface area contributed by atoms with Gasteiger partial charge in [-0.15, -0.1) is 0 Å². The van der Waals surface area contributed by atoms with Gasteiger partial charge in [0, 0.05) is 17.2 Å². The van der Waals surface area contributed by atoms with Crippen LogP contribution in [0.3, 0.4) is 0 Å². The molecule has 1 aliphatic heterocycles. The Labute approximate surface area is 103 Å². The Morgan fingerprint density at radius 1 is 1.35 bits per heavy atom. The SMILES string of the molecule is Nc1ccc(S(=O)CCN2CCCC2)cc1F. The predicted molar refractivity (Wildman–Crippen MR) is 67.8 cm³/mol. The summed E-state index contributed by atoms with van der Waals surface area (Å²) in [5.41, 5.74) is 5.48. The minimum atomic E-state index is -1.14. The van der Waals surface area contributed by atoms with Gasteiger partial charge in [0.05, 0.1) is 16.5 Å². The fourth-order valence-electron chi connectivity index (χ4n) is 1.99. The summed E-state index contributed by atoms with van der Waals surface area (Å²) in [7, 11) is -1.14. The number of hydrogen-bond acceptors (Lipinski definition) is 3. The average molecular weight is 256 g/mol. The van der Waals surface area contributed by atoms with Crippen LogP contribution in [0.4, 0.5) is 10.1 Å². The van der Waals surface area contributed by atoms with Crippen molar-refractivity contribution in [3.8, 4) is 0 Å². The van der Waals surface area contributed by atoms with Crippen molar-refractivity contribution in [1.82, 2.24) is 4.90 Å². The van der Waals surface area contributed by atoms with Gasteiger partial charge in [0.25, 0.3) is 0 Å². The Morgan fingerprint density at radius 2 is 2.06 bits per heavy atom. The highest BCUT2D eigenvalue weighted by Gasteiger charge is 2.13. The molecule has 2 rings (SSSR count). The van der Waals surface area contributed by atoms with Gasteiger partial charge in [0.1, 0.15) is 5.82 Å². The Balaban J connectivity index is 1.92. The Bertz CT molecular complexity index is 419. The van der Waals surface area contributed by atoms with Gasteiger partial charge in [-0.05, 0) is 44.1 Å². The van der Waals surface area contributed by atoms with E-state index in [9.17, 15) is 8.60 Å². The van der Waals surface area contributed by atoms with Crippen LogP contribution in [0.15, 0.2) is 23.1 Å². The molecule has 0 saturated carbocycles. The first-order chi connectivity index (χ1) is 8.16. The fraction of sp³-hybridized carbons (Fsp3) is 0.500. The maximum atomic E-state index is 13.2. The van der Waals surface area contributed by atoms with E-state index in [1.165, 1.54) is 25.0 Å². The van der Waals surface area contributed by atoms with Crippen LogP contribution in [0, 0.1) is 5.82 Å². The summed E-state index contributed by atoms with van der Waals surface area (Å²) in [5.74, 6) is 0.0700. The van der Waals surface area contributed by atoms with Crippen molar-refractivity contribution in [2.45, 2.75) is 17.7 Å². The van der Waals surface area contributed by atoms with Gasteiger partial charge < -0.3 is 10.6 Å². The third-order valence-corrected chi connectivity index (χ3v) is 4.36. The van der Waals surface area contributed by atoms with Crippen LogP contribution in [0.5, 0.6) is 0 Å². The number of hydrogen-bond donors (Lipinski definition) is 1. The van der Waals surface area contributed by atoms with Crippen molar-refractivity contribution in [2.75, 3.05) is 31.1 Å². The second-order valence-corrected chi connectivity index (χ2v) is 5.85. The molecule has 1 unspecified atom stereocenters. The number of nitrogens with zero attached hydrogens (tertiary/aromatic N) is 1. The third-order valence-electron chi connectivity index (χ3n) is 3.03. The summed E-state index contributed by atoms with van der Waals surface area (Å²) >= 11 is 0. The molecule has 2 N–H and O–H groups in total. The zero-order valence-corrected chi connectivity index (χ0v) is 10.5. The molecule has 1 atom stereocenters. The largest absolute Gasteiger partial charge is 0.396 e. The third kappa shape index (κ3) is 3.26. The number of rotatable bonds is 4. The van der Waals surface area contributed by atoms with Crippen LogP contribution in [0.25, 0.3) is 0 Å². The fourth-order valence-corrected chi connectivity index (χ4v) is 3.10. The lowest BCUT2D eigenvalue weighted by molar-refractivity contribution is 0.361. The maximum absolute atomic E-state index is 13.2. The van der Waals surface area contributed by atoms with Crippen molar-refractivity contribution in [3.05, 3.63) is 24.0 Å². The molecule has 1 saturated heterocycles. The van der Waals surface area contributed by atoms with Crippen LogP contribution < -0.4 is 5.73 Å². The van der Waals surface area contributed by atoms with E-state index in [0.29, 0.717) is 10.6 Å². The average Bonchev–Trinajstić information content (AvgIpc) is 2.82. The lowest BCUT2D eigenvalue weighted by Gasteiger charge is -2.13. The maximum Gasteiger partial charge on any atom is 0.147 e. The van der Waals surface area contributed by atoms with Crippen LogP contribution in [-0.2, 0) is 10.8 Å². The van der Waals surface area contributed by atoms with Crippen LogP contribution in [0.1, 0.15) is 12.8 Å². The minimum Gasteiger partial charge on any atom is -0.396 e. The molecular weight excluding hydrogens is 239 g/mol. The lowest BCUT2D eigenvalue weighted by atomic mass is 10.3. The molecule has 0 aromatic heterocycles. The first-order valence-corrected chi connectivity index (χ1v) is 7.14. The molecule has 17 heavy (non-hydrogen) atoms. The van der Waals surface area contributed by atoms with Crippen molar-refractivity contribution >= 4 is 16.5 Å². The normalized spacial score (nSPS) is 18.4. The number of benzene rings is 1. The lowest BCUT2D eigenvalue weighted by Crippen LogP contribution is -2.24. The topological polar surface area (TPSA) is 46.3 Å². The van der Waals surface area contributed by atoms with E-state index in [0.717, 1.165) is 19.6 Å². The van der Waals surface area contributed by atoms with Crippen molar-refractivity contribution in [2.24, 2.45) is 0 Å². The van der Waals surface area contributed by atoms with E-state index in [4.69, 9.17) is 5.73 Å². The molecule has 1 fully saturated rings.